The van der Waals surface area contributed by atoms with E-state index in [-0.39, 0.29) is 12.3 Å². The summed E-state index contributed by atoms with van der Waals surface area (Å²) in [5.41, 5.74) is 0. The van der Waals surface area contributed by atoms with Crippen molar-refractivity contribution in [3.63, 3.8) is 0 Å². The van der Waals surface area contributed by atoms with E-state index >= 15 is 0 Å². The minimum Gasteiger partial charge on any atom is -0.481 e. The molecule has 0 aliphatic heterocycles. The zero-order valence-corrected chi connectivity index (χ0v) is 10.9. The smallest absolute Gasteiger partial charge is 0.303 e. The SMILES string of the molecule is O=C(O)CCCCCCNC(=O)CNCC1CC1. The van der Waals surface area contributed by atoms with Gasteiger partial charge in [-0.25, -0.2) is 0 Å². The largest absolute Gasteiger partial charge is 0.481 e. The fourth-order valence-electron chi connectivity index (χ4n) is 1.76. The molecule has 1 aliphatic rings. The molecule has 0 heterocycles. The van der Waals surface area contributed by atoms with Crippen LogP contribution in [0.15, 0.2) is 0 Å². The number of amides is 1. The van der Waals surface area contributed by atoms with Gasteiger partial charge >= 0.3 is 5.97 Å². The van der Waals surface area contributed by atoms with Gasteiger partial charge in [0, 0.05) is 13.0 Å². The van der Waals surface area contributed by atoms with Crippen LogP contribution in [-0.2, 0) is 9.59 Å². The van der Waals surface area contributed by atoms with Gasteiger partial charge in [0.2, 0.25) is 5.91 Å². The number of rotatable bonds is 11. The van der Waals surface area contributed by atoms with Crippen LogP contribution in [0.5, 0.6) is 0 Å². The minimum atomic E-state index is -0.731. The number of carboxylic acid groups (broad SMARTS) is 1. The Morgan fingerprint density at radius 3 is 2.50 bits per heavy atom. The summed E-state index contributed by atoms with van der Waals surface area (Å²) < 4.78 is 0. The average Bonchev–Trinajstić information content (AvgIpc) is 3.11. The maximum Gasteiger partial charge on any atom is 0.303 e. The van der Waals surface area contributed by atoms with Crippen LogP contribution >= 0.6 is 0 Å². The highest BCUT2D eigenvalue weighted by Crippen LogP contribution is 2.27. The molecule has 0 saturated heterocycles. The third-order valence-electron chi connectivity index (χ3n) is 3.06. The van der Waals surface area contributed by atoms with E-state index in [1.54, 1.807) is 0 Å². The second-order valence-electron chi connectivity index (χ2n) is 4.98. The van der Waals surface area contributed by atoms with Crippen LogP contribution in [0.25, 0.3) is 0 Å². The van der Waals surface area contributed by atoms with Crippen LogP contribution < -0.4 is 10.6 Å². The highest BCUT2D eigenvalue weighted by molar-refractivity contribution is 5.77. The number of carbonyl (C=O) groups is 2. The first kappa shape index (κ1) is 15.0. The molecule has 1 rings (SSSR count). The summed E-state index contributed by atoms with van der Waals surface area (Å²) in [6.07, 6.45) is 6.39. The van der Waals surface area contributed by atoms with Gasteiger partial charge in [0.15, 0.2) is 0 Å². The van der Waals surface area contributed by atoms with Crippen LogP contribution in [-0.4, -0.2) is 36.6 Å². The van der Waals surface area contributed by atoms with Gasteiger partial charge in [-0.3, -0.25) is 9.59 Å². The lowest BCUT2D eigenvalue weighted by Crippen LogP contribution is -2.35. The second kappa shape index (κ2) is 8.91. The molecule has 1 aliphatic carbocycles. The molecule has 0 atom stereocenters. The van der Waals surface area contributed by atoms with Crippen molar-refractivity contribution in [2.45, 2.75) is 44.9 Å². The first-order chi connectivity index (χ1) is 8.68. The van der Waals surface area contributed by atoms with Crippen molar-refractivity contribution in [3.05, 3.63) is 0 Å². The van der Waals surface area contributed by atoms with E-state index in [9.17, 15) is 9.59 Å². The Bertz CT molecular complexity index is 265. The van der Waals surface area contributed by atoms with Gasteiger partial charge in [0.25, 0.3) is 0 Å². The number of unbranched alkanes of at least 4 members (excludes halogenated alkanes) is 3. The Morgan fingerprint density at radius 1 is 1.11 bits per heavy atom. The predicted molar refractivity (Wildman–Crippen MR) is 69.3 cm³/mol. The monoisotopic (exact) mass is 256 g/mol. The summed E-state index contributed by atoms with van der Waals surface area (Å²) in [7, 11) is 0. The van der Waals surface area contributed by atoms with E-state index < -0.39 is 5.97 Å². The number of aliphatic carboxylic acids is 1. The van der Waals surface area contributed by atoms with E-state index in [1.165, 1.54) is 12.8 Å². The number of carbonyl (C=O) groups excluding carboxylic acids is 1. The van der Waals surface area contributed by atoms with Gasteiger partial charge in [-0.2, -0.15) is 0 Å². The van der Waals surface area contributed by atoms with E-state index in [2.05, 4.69) is 10.6 Å². The maximum absolute atomic E-state index is 11.4. The van der Waals surface area contributed by atoms with Gasteiger partial charge in [0.1, 0.15) is 0 Å². The normalized spacial score (nSPS) is 14.4. The molecule has 1 saturated carbocycles. The standard InChI is InChI=1S/C13H24N2O3/c16-12(10-14-9-11-6-7-11)15-8-4-2-1-3-5-13(17)18/h11,14H,1-10H2,(H,15,16)(H,17,18). The maximum atomic E-state index is 11.4. The van der Waals surface area contributed by atoms with Crippen molar-refractivity contribution in [1.29, 1.82) is 0 Å². The summed E-state index contributed by atoms with van der Waals surface area (Å²) in [6.45, 7) is 2.06. The highest BCUT2D eigenvalue weighted by Gasteiger charge is 2.20. The Balaban J connectivity index is 1.78. The van der Waals surface area contributed by atoms with Gasteiger partial charge in [-0.05, 0) is 38.1 Å². The summed E-state index contributed by atoms with van der Waals surface area (Å²) in [5.74, 6) is 0.123. The van der Waals surface area contributed by atoms with Crippen LogP contribution in [0.4, 0.5) is 0 Å². The molecule has 5 nitrogen and oxygen atoms in total. The third-order valence-corrected chi connectivity index (χ3v) is 3.06. The Morgan fingerprint density at radius 2 is 1.83 bits per heavy atom. The molecule has 0 radical (unpaired) electrons. The van der Waals surface area contributed by atoms with Gasteiger partial charge in [-0.15, -0.1) is 0 Å². The number of hydrogen-bond acceptors (Lipinski definition) is 3. The second-order valence-corrected chi connectivity index (χ2v) is 4.98. The lowest BCUT2D eigenvalue weighted by molar-refractivity contribution is -0.137. The van der Waals surface area contributed by atoms with Gasteiger partial charge in [0.05, 0.1) is 6.54 Å². The van der Waals surface area contributed by atoms with E-state index in [1.807, 2.05) is 0 Å². The molecule has 0 bridgehead atoms. The van der Waals surface area contributed by atoms with Crippen molar-refractivity contribution >= 4 is 11.9 Å². The molecule has 0 unspecified atom stereocenters. The Labute approximate surface area is 108 Å². The summed E-state index contributed by atoms with van der Waals surface area (Å²) >= 11 is 0. The fraction of sp³-hybridized carbons (Fsp3) is 0.846. The van der Waals surface area contributed by atoms with Gasteiger partial charge < -0.3 is 15.7 Å². The highest BCUT2D eigenvalue weighted by atomic mass is 16.4. The van der Waals surface area contributed by atoms with Crippen LogP contribution in [0.2, 0.25) is 0 Å². The minimum absolute atomic E-state index is 0.0567. The Kier molecular flexibility index (Phi) is 7.41. The molecule has 0 aromatic heterocycles. The molecule has 1 fully saturated rings. The topological polar surface area (TPSA) is 78.4 Å². The van der Waals surface area contributed by atoms with E-state index in [0.29, 0.717) is 13.1 Å². The number of carboxylic acids is 1. The Hall–Kier alpha value is -1.10. The van der Waals surface area contributed by atoms with Crippen LogP contribution in [0, 0.1) is 5.92 Å². The average molecular weight is 256 g/mol. The van der Waals surface area contributed by atoms with E-state index in [4.69, 9.17) is 5.11 Å². The van der Waals surface area contributed by atoms with Crippen molar-refractivity contribution in [3.8, 4) is 0 Å². The zero-order valence-electron chi connectivity index (χ0n) is 10.9. The van der Waals surface area contributed by atoms with Crippen LogP contribution in [0.3, 0.4) is 0 Å². The fourth-order valence-corrected chi connectivity index (χ4v) is 1.76. The van der Waals surface area contributed by atoms with Crippen molar-refractivity contribution in [2.24, 2.45) is 5.92 Å². The van der Waals surface area contributed by atoms with E-state index in [0.717, 1.165) is 38.1 Å². The first-order valence-electron chi connectivity index (χ1n) is 6.87. The molecule has 1 amide bonds. The summed E-state index contributed by atoms with van der Waals surface area (Å²) in [4.78, 5) is 21.6. The third kappa shape index (κ3) is 8.98. The molecule has 104 valence electrons. The lowest BCUT2D eigenvalue weighted by atomic mass is 10.1. The summed E-state index contributed by atoms with van der Waals surface area (Å²) in [5, 5.41) is 14.5. The first-order valence-corrected chi connectivity index (χ1v) is 6.87. The summed E-state index contributed by atoms with van der Waals surface area (Å²) in [6, 6.07) is 0. The van der Waals surface area contributed by atoms with Crippen molar-refractivity contribution < 1.29 is 14.7 Å². The number of hydrogen-bond donors (Lipinski definition) is 3. The van der Waals surface area contributed by atoms with Crippen LogP contribution in [0.1, 0.15) is 44.9 Å². The molecule has 18 heavy (non-hydrogen) atoms. The quantitative estimate of drug-likeness (QED) is 0.484. The predicted octanol–water partition coefficient (Wildman–Crippen LogP) is 1.14. The van der Waals surface area contributed by atoms with Crippen molar-refractivity contribution in [2.75, 3.05) is 19.6 Å². The number of nitrogens with one attached hydrogen (secondary N) is 2. The van der Waals surface area contributed by atoms with Gasteiger partial charge in [-0.1, -0.05) is 12.8 Å². The molecular weight excluding hydrogens is 232 g/mol. The molecule has 0 aromatic carbocycles. The molecule has 0 spiro atoms. The molecular formula is C13H24N2O3. The van der Waals surface area contributed by atoms with Crippen molar-refractivity contribution in [1.82, 2.24) is 10.6 Å². The lowest BCUT2D eigenvalue weighted by Gasteiger charge is -2.06. The molecule has 5 heteroatoms. The molecule has 0 aromatic rings. The zero-order chi connectivity index (χ0) is 13.2. The molecule has 3 N–H and O–H groups in total.